The normalized spacial score (nSPS) is 25.7. The molecule has 0 aliphatic heterocycles. The van der Waals surface area contributed by atoms with E-state index in [1.54, 1.807) is 0 Å². The standard InChI is InChI=1S/C14H17F6NO4/c1-5(2)9(21-12(25)14(18,19)20)10(22)7-3-6(13(15,16)17)4-8(7)11(23)24/h5-9H,3-4H2,1-2H3,(H,21,25)(H,23,24)/t6-,7?,8+,9-/m0/s1. The number of carbonyl (C=O) groups is 3. The van der Waals surface area contributed by atoms with Gasteiger partial charge in [-0.15, -0.1) is 0 Å². The summed E-state index contributed by atoms with van der Waals surface area (Å²) in [5, 5.41) is 10.5. The molecule has 0 aromatic heterocycles. The second-order valence-corrected chi connectivity index (χ2v) is 6.36. The molecular formula is C14H17F6NO4. The van der Waals surface area contributed by atoms with Crippen molar-refractivity contribution in [2.45, 2.75) is 45.1 Å². The first-order chi connectivity index (χ1) is 11.2. The molecule has 0 bridgehead atoms. The van der Waals surface area contributed by atoms with E-state index >= 15 is 0 Å². The van der Waals surface area contributed by atoms with Crippen LogP contribution in [0.25, 0.3) is 0 Å². The fourth-order valence-electron chi connectivity index (χ4n) is 2.91. The van der Waals surface area contributed by atoms with E-state index in [4.69, 9.17) is 5.11 Å². The second-order valence-electron chi connectivity index (χ2n) is 6.36. The molecule has 144 valence electrons. The summed E-state index contributed by atoms with van der Waals surface area (Å²) in [5.74, 6) is -11.3. The number of carboxylic acids is 1. The molecule has 11 heteroatoms. The summed E-state index contributed by atoms with van der Waals surface area (Å²) < 4.78 is 75.6. The van der Waals surface area contributed by atoms with Crippen LogP contribution in [0.1, 0.15) is 26.7 Å². The van der Waals surface area contributed by atoms with E-state index in [-0.39, 0.29) is 0 Å². The van der Waals surface area contributed by atoms with E-state index in [2.05, 4.69) is 0 Å². The Morgan fingerprint density at radius 3 is 1.84 bits per heavy atom. The van der Waals surface area contributed by atoms with Gasteiger partial charge in [0, 0.05) is 5.92 Å². The topological polar surface area (TPSA) is 83.5 Å². The quantitative estimate of drug-likeness (QED) is 0.722. The van der Waals surface area contributed by atoms with Gasteiger partial charge in [-0.2, -0.15) is 26.3 Å². The van der Waals surface area contributed by atoms with E-state index in [1.807, 2.05) is 0 Å². The first-order valence-corrected chi connectivity index (χ1v) is 7.37. The molecule has 2 N–H and O–H groups in total. The van der Waals surface area contributed by atoms with Gasteiger partial charge in [-0.25, -0.2) is 0 Å². The van der Waals surface area contributed by atoms with Gasteiger partial charge in [0.1, 0.15) is 0 Å². The average Bonchev–Trinajstić information content (AvgIpc) is 2.87. The Morgan fingerprint density at radius 1 is 1.00 bits per heavy atom. The van der Waals surface area contributed by atoms with Crippen molar-refractivity contribution in [3.05, 3.63) is 0 Å². The highest BCUT2D eigenvalue weighted by Crippen LogP contribution is 2.46. The van der Waals surface area contributed by atoms with Crippen molar-refractivity contribution in [1.29, 1.82) is 0 Å². The first kappa shape index (κ1) is 21.2. The van der Waals surface area contributed by atoms with Crippen molar-refractivity contribution in [2.24, 2.45) is 23.7 Å². The minimum absolute atomic E-state index is 0.826. The Kier molecular flexibility index (Phi) is 6.12. The molecule has 1 amide bonds. The maximum absolute atomic E-state index is 12.8. The van der Waals surface area contributed by atoms with E-state index < -0.39 is 72.6 Å². The Bertz CT molecular complexity index is 542. The van der Waals surface area contributed by atoms with E-state index in [9.17, 15) is 40.7 Å². The highest BCUT2D eigenvalue weighted by atomic mass is 19.4. The molecule has 25 heavy (non-hydrogen) atoms. The number of carboxylic acid groups (broad SMARTS) is 1. The molecule has 5 nitrogen and oxygen atoms in total. The van der Waals surface area contributed by atoms with Crippen LogP contribution in [0.4, 0.5) is 26.3 Å². The lowest BCUT2D eigenvalue weighted by atomic mass is 9.84. The number of ketones is 1. The van der Waals surface area contributed by atoms with Crippen molar-refractivity contribution in [3.63, 3.8) is 0 Å². The zero-order chi connectivity index (χ0) is 19.7. The van der Waals surface area contributed by atoms with Gasteiger partial charge < -0.3 is 10.4 Å². The van der Waals surface area contributed by atoms with Crippen molar-refractivity contribution >= 4 is 17.7 Å². The molecule has 0 saturated heterocycles. The number of aliphatic carboxylic acids is 1. The molecule has 0 spiro atoms. The summed E-state index contributed by atoms with van der Waals surface area (Å²) in [5.41, 5.74) is 0. The fourth-order valence-corrected chi connectivity index (χ4v) is 2.91. The molecule has 1 saturated carbocycles. The van der Waals surface area contributed by atoms with Crippen LogP contribution in [-0.2, 0) is 14.4 Å². The molecule has 1 unspecified atom stereocenters. The van der Waals surface area contributed by atoms with E-state index in [0.29, 0.717) is 0 Å². The van der Waals surface area contributed by atoms with Crippen molar-refractivity contribution < 1.29 is 45.8 Å². The van der Waals surface area contributed by atoms with Gasteiger partial charge in [0.15, 0.2) is 5.78 Å². The van der Waals surface area contributed by atoms with Crippen molar-refractivity contribution in [1.82, 2.24) is 5.32 Å². The maximum atomic E-state index is 12.8. The maximum Gasteiger partial charge on any atom is 0.471 e. The molecule has 0 radical (unpaired) electrons. The van der Waals surface area contributed by atoms with Gasteiger partial charge in [0.2, 0.25) is 0 Å². The Balaban J connectivity index is 3.06. The first-order valence-electron chi connectivity index (χ1n) is 7.37. The number of hydrogen-bond donors (Lipinski definition) is 2. The Hall–Kier alpha value is -1.81. The lowest BCUT2D eigenvalue weighted by Crippen LogP contribution is -2.51. The third-order valence-corrected chi connectivity index (χ3v) is 4.23. The van der Waals surface area contributed by atoms with Gasteiger partial charge in [0.25, 0.3) is 0 Å². The van der Waals surface area contributed by atoms with Crippen LogP contribution in [0.15, 0.2) is 0 Å². The van der Waals surface area contributed by atoms with Crippen LogP contribution in [-0.4, -0.2) is 41.2 Å². The molecule has 1 rings (SSSR count). The fraction of sp³-hybridized carbons (Fsp3) is 0.786. The molecule has 0 aromatic carbocycles. The number of carbonyl (C=O) groups excluding carboxylic acids is 2. The predicted octanol–water partition coefficient (Wildman–Crippen LogP) is 2.55. The van der Waals surface area contributed by atoms with Crippen LogP contribution in [0.2, 0.25) is 0 Å². The summed E-state index contributed by atoms with van der Waals surface area (Å²) in [6, 6.07) is -1.73. The molecule has 0 heterocycles. The SMILES string of the molecule is CC(C)[C@H](NC(=O)C(F)(F)F)C(=O)C1C[C@H](C(F)(F)F)C[C@H]1C(=O)O. The molecule has 4 atom stereocenters. The van der Waals surface area contributed by atoms with Gasteiger partial charge in [-0.1, -0.05) is 13.8 Å². The molecule has 1 aliphatic rings. The van der Waals surface area contributed by atoms with E-state index in [0.717, 1.165) is 0 Å². The minimum Gasteiger partial charge on any atom is -0.481 e. The van der Waals surface area contributed by atoms with Crippen LogP contribution in [0, 0.1) is 23.7 Å². The highest BCUT2D eigenvalue weighted by Gasteiger charge is 2.54. The highest BCUT2D eigenvalue weighted by molar-refractivity contribution is 5.94. The summed E-state index contributed by atoms with van der Waals surface area (Å²) in [4.78, 5) is 34.7. The predicted molar refractivity (Wildman–Crippen MR) is 71.2 cm³/mol. The summed E-state index contributed by atoms with van der Waals surface area (Å²) >= 11 is 0. The monoisotopic (exact) mass is 377 g/mol. The van der Waals surface area contributed by atoms with Crippen LogP contribution < -0.4 is 5.32 Å². The second kappa shape index (κ2) is 7.20. The molecule has 1 fully saturated rings. The summed E-state index contributed by atoms with van der Waals surface area (Å²) in [7, 11) is 0. The van der Waals surface area contributed by atoms with Gasteiger partial charge >= 0.3 is 24.2 Å². The third kappa shape index (κ3) is 5.08. The van der Waals surface area contributed by atoms with Gasteiger partial charge in [-0.05, 0) is 18.8 Å². The summed E-state index contributed by atoms with van der Waals surface area (Å²) in [6.07, 6.45) is -11.6. The van der Waals surface area contributed by atoms with Crippen LogP contribution in [0.3, 0.4) is 0 Å². The van der Waals surface area contributed by atoms with E-state index in [1.165, 1.54) is 19.2 Å². The van der Waals surface area contributed by atoms with Crippen LogP contribution >= 0.6 is 0 Å². The van der Waals surface area contributed by atoms with Crippen molar-refractivity contribution in [3.8, 4) is 0 Å². The number of halogens is 6. The average molecular weight is 377 g/mol. The number of Topliss-reactive ketones (excluding diaryl/α,β-unsaturated/α-hetero) is 1. The number of nitrogens with one attached hydrogen (secondary N) is 1. The molecule has 1 aliphatic carbocycles. The zero-order valence-corrected chi connectivity index (χ0v) is 13.2. The number of alkyl halides is 6. The Labute approximate surface area is 138 Å². The van der Waals surface area contributed by atoms with Gasteiger partial charge in [0.05, 0.1) is 17.9 Å². The largest absolute Gasteiger partial charge is 0.481 e. The zero-order valence-electron chi connectivity index (χ0n) is 13.2. The molecular weight excluding hydrogens is 360 g/mol. The van der Waals surface area contributed by atoms with Crippen LogP contribution in [0.5, 0.6) is 0 Å². The number of rotatable bonds is 5. The van der Waals surface area contributed by atoms with Gasteiger partial charge in [-0.3, -0.25) is 14.4 Å². The smallest absolute Gasteiger partial charge is 0.471 e. The summed E-state index contributed by atoms with van der Waals surface area (Å²) in [6.45, 7) is 2.59. The lowest BCUT2D eigenvalue weighted by Gasteiger charge is -2.26. The van der Waals surface area contributed by atoms with Crippen molar-refractivity contribution in [2.75, 3.05) is 0 Å². The molecule has 0 aromatic rings. The minimum atomic E-state index is -5.27. The Morgan fingerprint density at radius 2 is 1.48 bits per heavy atom. The number of hydrogen-bond acceptors (Lipinski definition) is 3. The lowest BCUT2D eigenvalue weighted by molar-refractivity contribution is -0.175. The number of amides is 1. The third-order valence-electron chi connectivity index (χ3n) is 4.23.